The van der Waals surface area contributed by atoms with Gasteiger partial charge in [-0.3, -0.25) is 9.78 Å². The number of alkyl halides is 1. The summed E-state index contributed by atoms with van der Waals surface area (Å²) in [5, 5.41) is 6.30. The monoisotopic (exact) mass is 310 g/mol. The van der Waals surface area contributed by atoms with E-state index in [1.54, 1.807) is 6.07 Å². The topological polar surface area (TPSA) is 80.0 Å². The molecule has 0 fully saturated rings. The fourth-order valence-corrected chi connectivity index (χ4v) is 2.24. The zero-order valence-electron chi connectivity index (χ0n) is 14.0. The van der Waals surface area contributed by atoms with Gasteiger partial charge in [-0.05, 0) is 26.8 Å². The van der Waals surface area contributed by atoms with Gasteiger partial charge in [-0.15, -0.1) is 0 Å². The van der Waals surface area contributed by atoms with Crippen LogP contribution in [-0.2, 0) is 6.42 Å². The second-order valence-electron chi connectivity index (χ2n) is 6.21. The van der Waals surface area contributed by atoms with Gasteiger partial charge in [0.1, 0.15) is 6.17 Å². The van der Waals surface area contributed by atoms with Crippen molar-refractivity contribution in [1.29, 1.82) is 0 Å². The van der Waals surface area contributed by atoms with Gasteiger partial charge in [0.15, 0.2) is 0 Å². The summed E-state index contributed by atoms with van der Waals surface area (Å²) in [4.78, 5) is 15.6. The molecule has 1 amide bonds. The van der Waals surface area contributed by atoms with Crippen molar-refractivity contribution in [1.82, 2.24) is 10.3 Å². The molecule has 22 heavy (non-hydrogen) atoms. The summed E-state index contributed by atoms with van der Waals surface area (Å²) >= 11 is 0. The molecule has 0 aliphatic carbocycles. The van der Waals surface area contributed by atoms with E-state index in [0.717, 1.165) is 0 Å². The smallest absolute Gasteiger partial charge is 0.252 e. The fraction of sp³-hybridized carbons (Fsp3) is 0.625. The van der Waals surface area contributed by atoms with Crippen LogP contribution in [0.15, 0.2) is 12.3 Å². The number of carbonyl (C=O) groups is 1. The van der Waals surface area contributed by atoms with Crippen LogP contribution in [0.1, 0.15) is 50.7 Å². The predicted octanol–water partition coefficient (Wildman–Crippen LogP) is 2.27. The summed E-state index contributed by atoms with van der Waals surface area (Å²) in [7, 11) is 0. The number of hydrogen-bond donors (Lipinski definition) is 3. The van der Waals surface area contributed by atoms with E-state index in [2.05, 4.69) is 15.6 Å². The third kappa shape index (κ3) is 5.60. The van der Waals surface area contributed by atoms with Crippen LogP contribution in [-0.4, -0.2) is 35.2 Å². The molecule has 5 nitrogen and oxygen atoms in total. The van der Waals surface area contributed by atoms with Gasteiger partial charge in [0.25, 0.3) is 5.91 Å². The lowest BCUT2D eigenvalue weighted by Gasteiger charge is -2.21. The minimum atomic E-state index is -1.05. The lowest BCUT2D eigenvalue weighted by Crippen LogP contribution is -2.40. The first-order valence-corrected chi connectivity index (χ1v) is 7.66. The number of anilines is 1. The molecule has 1 rings (SSSR count). The summed E-state index contributed by atoms with van der Waals surface area (Å²) in [6, 6.07) is 1.79. The van der Waals surface area contributed by atoms with E-state index in [9.17, 15) is 9.18 Å². The molecule has 1 aromatic heterocycles. The molecule has 0 saturated carbocycles. The number of nitrogens with one attached hydrogen (secondary N) is 2. The van der Waals surface area contributed by atoms with Gasteiger partial charge in [0.05, 0.1) is 11.3 Å². The Morgan fingerprint density at radius 1 is 1.27 bits per heavy atom. The van der Waals surface area contributed by atoms with Gasteiger partial charge in [-0.1, -0.05) is 13.8 Å². The molecule has 6 heteroatoms. The number of aromatic nitrogens is 1. The predicted molar refractivity (Wildman–Crippen MR) is 87.8 cm³/mol. The Labute approximate surface area is 131 Å². The van der Waals surface area contributed by atoms with Gasteiger partial charge < -0.3 is 16.4 Å². The van der Waals surface area contributed by atoms with E-state index in [1.165, 1.54) is 6.20 Å². The Hall–Kier alpha value is -1.69. The number of hydrogen-bond acceptors (Lipinski definition) is 4. The standard InChI is InChI=1S/C16H27FN4O/c1-9(2)20-11(5)14(17)6-12-7-15(21-10(3)4)13(8-19-12)16(18)22/h7-11,14,20H,6H2,1-5H3,(H2,18,22)(H,19,21)/t11?,14-/m1/s1. The van der Waals surface area contributed by atoms with E-state index >= 15 is 0 Å². The number of halogens is 1. The molecule has 124 valence electrons. The van der Waals surface area contributed by atoms with Gasteiger partial charge >= 0.3 is 0 Å². The molecular weight excluding hydrogens is 283 g/mol. The third-order valence-corrected chi connectivity index (χ3v) is 3.21. The van der Waals surface area contributed by atoms with Crippen LogP contribution in [0.5, 0.6) is 0 Å². The van der Waals surface area contributed by atoms with Crippen molar-refractivity contribution in [2.45, 2.75) is 65.3 Å². The Kier molecular flexibility index (Phi) is 6.74. The van der Waals surface area contributed by atoms with E-state index in [-0.39, 0.29) is 24.5 Å². The number of pyridine rings is 1. The van der Waals surface area contributed by atoms with Crippen LogP contribution in [0.3, 0.4) is 0 Å². The van der Waals surface area contributed by atoms with Gasteiger partial charge in [-0.25, -0.2) is 4.39 Å². The number of carbonyl (C=O) groups excluding carboxylic acids is 1. The third-order valence-electron chi connectivity index (χ3n) is 3.21. The van der Waals surface area contributed by atoms with Gasteiger partial charge in [0, 0.05) is 36.4 Å². The Bertz CT molecular complexity index is 505. The largest absolute Gasteiger partial charge is 0.382 e. The molecule has 0 spiro atoms. The molecule has 1 unspecified atom stereocenters. The number of rotatable bonds is 8. The molecule has 1 heterocycles. The minimum Gasteiger partial charge on any atom is -0.382 e. The highest BCUT2D eigenvalue weighted by Gasteiger charge is 2.19. The van der Waals surface area contributed by atoms with Crippen molar-refractivity contribution in [3.8, 4) is 0 Å². The van der Waals surface area contributed by atoms with E-state index < -0.39 is 12.1 Å². The Morgan fingerprint density at radius 2 is 1.91 bits per heavy atom. The molecule has 0 bridgehead atoms. The van der Waals surface area contributed by atoms with Crippen LogP contribution in [0, 0.1) is 0 Å². The van der Waals surface area contributed by atoms with E-state index in [0.29, 0.717) is 16.9 Å². The highest BCUT2D eigenvalue weighted by atomic mass is 19.1. The van der Waals surface area contributed by atoms with Crippen molar-refractivity contribution in [2.24, 2.45) is 5.73 Å². The fourth-order valence-electron chi connectivity index (χ4n) is 2.24. The molecule has 0 radical (unpaired) electrons. The molecule has 0 aliphatic rings. The summed E-state index contributed by atoms with van der Waals surface area (Å²) in [5.74, 6) is -0.547. The van der Waals surface area contributed by atoms with Crippen LogP contribution in [0.25, 0.3) is 0 Å². The summed E-state index contributed by atoms with van der Waals surface area (Å²) in [5.41, 5.74) is 6.86. The Balaban J connectivity index is 2.89. The molecule has 0 aromatic carbocycles. The molecule has 0 aliphatic heterocycles. The van der Waals surface area contributed by atoms with Crippen molar-refractivity contribution in [3.05, 3.63) is 23.5 Å². The first-order valence-electron chi connectivity index (χ1n) is 7.66. The highest BCUT2D eigenvalue weighted by Crippen LogP contribution is 2.18. The van der Waals surface area contributed by atoms with Crippen molar-refractivity contribution >= 4 is 11.6 Å². The lowest BCUT2D eigenvalue weighted by molar-refractivity contribution is 0.100. The first kappa shape index (κ1) is 18.4. The van der Waals surface area contributed by atoms with Crippen LogP contribution >= 0.6 is 0 Å². The zero-order valence-corrected chi connectivity index (χ0v) is 14.0. The number of nitrogens with two attached hydrogens (primary N) is 1. The summed E-state index contributed by atoms with van der Waals surface area (Å²) in [6.07, 6.45) is 0.545. The number of nitrogens with zero attached hydrogens (tertiary/aromatic N) is 1. The maximum atomic E-state index is 14.3. The average Bonchev–Trinajstić information content (AvgIpc) is 2.36. The van der Waals surface area contributed by atoms with Crippen molar-refractivity contribution in [3.63, 3.8) is 0 Å². The number of primary amides is 1. The second-order valence-corrected chi connectivity index (χ2v) is 6.21. The lowest BCUT2D eigenvalue weighted by atomic mass is 10.1. The van der Waals surface area contributed by atoms with Gasteiger partial charge in [0.2, 0.25) is 0 Å². The van der Waals surface area contributed by atoms with E-state index in [4.69, 9.17) is 5.73 Å². The second kappa shape index (κ2) is 8.08. The highest BCUT2D eigenvalue weighted by molar-refractivity contribution is 5.98. The molecule has 1 aromatic rings. The first-order chi connectivity index (χ1) is 10.2. The number of amides is 1. The normalized spacial score (nSPS) is 14.2. The van der Waals surface area contributed by atoms with Crippen molar-refractivity contribution in [2.75, 3.05) is 5.32 Å². The van der Waals surface area contributed by atoms with E-state index in [1.807, 2.05) is 34.6 Å². The van der Waals surface area contributed by atoms with Crippen LogP contribution in [0.2, 0.25) is 0 Å². The quantitative estimate of drug-likeness (QED) is 0.688. The molecule has 2 atom stereocenters. The average molecular weight is 310 g/mol. The maximum Gasteiger partial charge on any atom is 0.252 e. The summed E-state index contributed by atoms with van der Waals surface area (Å²) < 4.78 is 14.3. The minimum absolute atomic E-state index is 0.135. The SMILES string of the molecule is CC(C)Nc1cc(C[C@@H](F)C(C)NC(C)C)ncc1C(N)=O. The molecule has 4 N–H and O–H groups in total. The maximum absolute atomic E-state index is 14.3. The zero-order chi connectivity index (χ0) is 16.9. The molecule has 0 saturated heterocycles. The Morgan fingerprint density at radius 3 is 2.41 bits per heavy atom. The molecular formula is C16H27FN4O. The summed E-state index contributed by atoms with van der Waals surface area (Å²) in [6.45, 7) is 9.69. The van der Waals surface area contributed by atoms with Crippen molar-refractivity contribution < 1.29 is 9.18 Å². The van der Waals surface area contributed by atoms with Crippen LogP contribution in [0.4, 0.5) is 10.1 Å². The van der Waals surface area contributed by atoms with Gasteiger partial charge in [-0.2, -0.15) is 0 Å². The van der Waals surface area contributed by atoms with Crippen LogP contribution < -0.4 is 16.4 Å².